The van der Waals surface area contributed by atoms with Gasteiger partial charge in [0.05, 0.1) is 10.7 Å². The van der Waals surface area contributed by atoms with Gasteiger partial charge in [-0.3, -0.25) is 0 Å². The van der Waals surface area contributed by atoms with Crippen LogP contribution in [0.3, 0.4) is 0 Å². The Hall–Kier alpha value is -1.54. The SMILES string of the molecule is CC(C)Cc1ccc(C(C)Nc2c(F)cccc2Cl)cc1. The lowest BCUT2D eigenvalue weighted by Gasteiger charge is -2.18. The summed E-state index contributed by atoms with van der Waals surface area (Å²) < 4.78 is 13.8. The molecular weight excluding hydrogens is 285 g/mol. The largest absolute Gasteiger partial charge is 0.375 e. The summed E-state index contributed by atoms with van der Waals surface area (Å²) in [4.78, 5) is 0. The topological polar surface area (TPSA) is 12.0 Å². The highest BCUT2D eigenvalue weighted by atomic mass is 35.5. The van der Waals surface area contributed by atoms with E-state index in [1.807, 2.05) is 6.92 Å². The van der Waals surface area contributed by atoms with Crippen LogP contribution >= 0.6 is 11.6 Å². The Balaban J connectivity index is 2.11. The fraction of sp³-hybridized carbons (Fsp3) is 0.333. The Bertz CT molecular complexity index is 572. The second-order valence-electron chi connectivity index (χ2n) is 5.80. The molecule has 0 fully saturated rings. The van der Waals surface area contributed by atoms with E-state index in [0.717, 1.165) is 12.0 Å². The van der Waals surface area contributed by atoms with Gasteiger partial charge in [0, 0.05) is 6.04 Å². The maximum absolute atomic E-state index is 13.8. The third-order valence-electron chi connectivity index (χ3n) is 3.45. The van der Waals surface area contributed by atoms with Gasteiger partial charge < -0.3 is 5.32 Å². The van der Waals surface area contributed by atoms with Crippen LogP contribution in [0.5, 0.6) is 0 Å². The average Bonchev–Trinajstić information content (AvgIpc) is 2.43. The van der Waals surface area contributed by atoms with Crippen LogP contribution in [-0.4, -0.2) is 0 Å². The number of rotatable bonds is 5. The summed E-state index contributed by atoms with van der Waals surface area (Å²) in [5.41, 5.74) is 2.80. The predicted octanol–water partition coefficient (Wildman–Crippen LogP) is 5.85. The van der Waals surface area contributed by atoms with Gasteiger partial charge in [-0.1, -0.05) is 55.8 Å². The molecule has 0 amide bonds. The molecule has 1 N–H and O–H groups in total. The summed E-state index contributed by atoms with van der Waals surface area (Å²) in [6, 6.07) is 13.1. The highest BCUT2D eigenvalue weighted by Gasteiger charge is 2.11. The monoisotopic (exact) mass is 305 g/mol. The average molecular weight is 306 g/mol. The smallest absolute Gasteiger partial charge is 0.147 e. The molecule has 0 heterocycles. The van der Waals surface area contributed by atoms with Gasteiger partial charge in [-0.15, -0.1) is 0 Å². The van der Waals surface area contributed by atoms with E-state index in [1.54, 1.807) is 12.1 Å². The lowest BCUT2D eigenvalue weighted by Crippen LogP contribution is -2.08. The zero-order chi connectivity index (χ0) is 15.4. The molecule has 0 aromatic heterocycles. The second-order valence-corrected chi connectivity index (χ2v) is 6.21. The Labute approximate surface area is 131 Å². The van der Waals surface area contributed by atoms with Crippen LogP contribution in [0, 0.1) is 11.7 Å². The van der Waals surface area contributed by atoms with Crippen molar-refractivity contribution in [1.29, 1.82) is 0 Å². The van der Waals surface area contributed by atoms with E-state index in [4.69, 9.17) is 11.6 Å². The lowest BCUT2D eigenvalue weighted by atomic mass is 10.00. The first-order valence-corrected chi connectivity index (χ1v) is 7.64. The summed E-state index contributed by atoms with van der Waals surface area (Å²) in [7, 11) is 0. The van der Waals surface area contributed by atoms with Crippen molar-refractivity contribution in [2.24, 2.45) is 5.92 Å². The summed E-state index contributed by atoms with van der Waals surface area (Å²) >= 11 is 6.04. The van der Waals surface area contributed by atoms with Gasteiger partial charge >= 0.3 is 0 Å². The van der Waals surface area contributed by atoms with Crippen LogP contribution in [-0.2, 0) is 6.42 Å². The first-order valence-electron chi connectivity index (χ1n) is 7.26. The first kappa shape index (κ1) is 15.8. The highest BCUT2D eigenvalue weighted by Crippen LogP contribution is 2.28. The van der Waals surface area contributed by atoms with Gasteiger partial charge in [0.25, 0.3) is 0 Å². The molecule has 3 heteroatoms. The molecule has 2 aromatic carbocycles. The minimum absolute atomic E-state index is 0.00694. The van der Waals surface area contributed by atoms with Crippen LogP contribution in [0.2, 0.25) is 5.02 Å². The van der Waals surface area contributed by atoms with Crippen molar-refractivity contribution < 1.29 is 4.39 Å². The normalized spacial score (nSPS) is 12.5. The minimum Gasteiger partial charge on any atom is -0.375 e. The van der Waals surface area contributed by atoms with Gasteiger partial charge in [-0.05, 0) is 42.5 Å². The number of hydrogen-bond donors (Lipinski definition) is 1. The molecule has 0 radical (unpaired) electrons. The number of nitrogens with one attached hydrogen (secondary N) is 1. The van der Waals surface area contributed by atoms with Crippen molar-refractivity contribution >= 4 is 17.3 Å². The van der Waals surface area contributed by atoms with E-state index in [0.29, 0.717) is 16.6 Å². The molecule has 0 saturated carbocycles. The fourth-order valence-corrected chi connectivity index (χ4v) is 2.57. The maximum atomic E-state index is 13.8. The number of halogens is 2. The van der Waals surface area contributed by atoms with E-state index in [-0.39, 0.29) is 11.9 Å². The molecule has 0 aliphatic carbocycles. The molecule has 1 atom stereocenters. The zero-order valence-electron chi connectivity index (χ0n) is 12.7. The quantitative estimate of drug-likeness (QED) is 0.730. The van der Waals surface area contributed by atoms with Gasteiger partial charge in [0.2, 0.25) is 0 Å². The van der Waals surface area contributed by atoms with Crippen molar-refractivity contribution in [2.45, 2.75) is 33.2 Å². The first-order chi connectivity index (χ1) is 9.97. The second kappa shape index (κ2) is 6.95. The molecule has 2 rings (SSSR count). The summed E-state index contributed by atoms with van der Waals surface area (Å²) in [6.07, 6.45) is 1.07. The number of benzene rings is 2. The van der Waals surface area contributed by atoms with Gasteiger partial charge in [0.1, 0.15) is 5.82 Å². The maximum Gasteiger partial charge on any atom is 0.147 e. The van der Waals surface area contributed by atoms with Gasteiger partial charge in [0.15, 0.2) is 0 Å². The highest BCUT2D eigenvalue weighted by molar-refractivity contribution is 6.33. The van der Waals surface area contributed by atoms with Crippen LogP contribution in [0.15, 0.2) is 42.5 Å². The molecule has 21 heavy (non-hydrogen) atoms. The third kappa shape index (κ3) is 4.21. The zero-order valence-corrected chi connectivity index (χ0v) is 13.4. The van der Waals surface area contributed by atoms with Crippen LogP contribution in [0.25, 0.3) is 0 Å². The van der Waals surface area contributed by atoms with Crippen molar-refractivity contribution in [3.05, 3.63) is 64.4 Å². The Kier molecular flexibility index (Phi) is 5.24. The van der Waals surface area contributed by atoms with Gasteiger partial charge in [-0.2, -0.15) is 0 Å². The molecule has 1 unspecified atom stereocenters. The van der Waals surface area contributed by atoms with E-state index >= 15 is 0 Å². The molecule has 0 spiro atoms. The molecule has 0 aliphatic rings. The van der Waals surface area contributed by atoms with Crippen LogP contribution in [0.1, 0.15) is 37.9 Å². The van der Waals surface area contributed by atoms with Crippen molar-refractivity contribution in [2.75, 3.05) is 5.32 Å². The Morgan fingerprint density at radius 3 is 2.29 bits per heavy atom. The van der Waals surface area contributed by atoms with Crippen molar-refractivity contribution in [3.63, 3.8) is 0 Å². The third-order valence-corrected chi connectivity index (χ3v) is 3.76. The summed E-state index contributed by atoms with van der Waals surface area (Å²) in [5, 5.41) is 3.55. The van der Waals surface area contributed by atoms with E-state index in [9.17, 15) is 4.39 Å². The fourth-order valence-electron chi connectivity index (χ4n) is 2.35. The van der Waals surface area contributed by atoms with Crippen molar-refractivity contribution in [3.8, 4) is 0 Å². The number of para-hydroxylation sites is 1. The van der Waals surface area contributed by atoms with Crippen molar-refractivity contribution in [1.82, 2.24) is 0 Å². The molecule has 1 nitrogen and oxygen atoms in total. The van der Waals surface area contributed by atoms with E-state index < -0.39 is 0 Å². The van der Waals surface area contributed by atoms with Crippen LogP contribution in [0.4, 0.5) is 10.1 Å². The van der Waals surface area contributed by atoms with Gasteiger partial charge in [-0.25, -0.2) is 4.39 Å². The number of anilines is 1. The standard InChI is InChI=1S/C18H21ClFN/c1-12(2)11-14-7-9-15(10-8-14)13(3)21-18-16(19)5-4-6-17(18)20/h4-10,12-13,21H,11H2,1-3H3. The summed E-state index contributed by atoms with van der Waals surface area (Å²) in [5.74, 6) is 0.314. The lowest BCUT2D eigenvalue weighted by molar-refractivity contribution is 0.627. The molecule has 2 aromatic rings. The molecule has 112 valence electrons. The Morgan fingerprint density at radius 1 is 1.05 bits per heavy atom. The molecule has 0 aliphatic heterocycles. The van der Waals surface area contributed by atoms with E-state index in [2.05, 4.69) is 43.4 Å². The Morgan fingerprint density at radius 2 is 1.71 bits per heavy atom. The summed E-state index contributed by atoms with van der Waals surface area (Å²) in [6.45, 7) is 6.41. The van der Waals surface area contributed by atoms with E-state index in [1.165, 1.54) is 11.6 Å². The minimum atomic E-state index is -0.328. The molecule has 0 saturated heterocycles. The molecule has 0 bridgehead atoms. The number of hydrogen-bond acceptors (Lipinski definition) is 1. The predicted molar refractivity (Wildman–Crippen MR) is 88.4 cm³/mol. The van der Waals surface area contributed by atoms with Crippen LogP contribution < -0.4 is 5.32 Å². The molecular formula is C18H21ClFN.